The second-order valence-corrected chi connectivity index (χ2v) is 10.1. The van der Waals surface area contributed by atoms with Crippen molar-refractivity contribution in [1.82, 2.24) is 20.1 Å². The highest BCUT2D eigenvalue weighted by molar-refractivity contribution is 5.95. The van der Waals surface area contributed by atoms with E-state index in [9.17, 15) is 32.3 Å². The fourth-order valence-electron chi connectivity index (χ4n) is 4.47. The highest BCUT2D eigenvalue weighted by Crippen LogP contribution is 2.47. The zero-order valence-corrected chi connectivity index (χ0v) is 21.0. The van der Waals surface area contributed by atoms with Gasteiger partial charge in [0.2, 0.25) is 11.5 Å². The van der Waals surface area contributed by atoms with Crippen LogP contribution in [0.3, 0.4) is 0 Å². The summed E-state index contributed by atoms with van der Waals surface area (Å²) in [6.07, 6.45) is -2.06. The molecule has 0 unspecified atom stereocenters. The molecule has 1 aliphatic carbocycles. The van der Waals surface area contributed by atoms with E-state index < -0.39 is 47.1 Å². The fraction of sp³-hybridized carbons (Fsp3) is 0.385. The summed E-state index contributed by atoms with van der Waals surface area (Å²) in [5, 5.41) is 17.5. The van der Waals surface area contributed by atoms with Crippen LogP contribution in [-0.2, 0) is 15.8 Å². The minimum absolute atomic E-state index is 0.0108. The number of carbonyl (C=O) groups is 2. The first-order chi connectivity index (χ1) is 18.2. The van der Waals surface area contributed by atoms with Gasteiger partial charge in [-0.1, -0.05) is 0 Å². The maximum absolute atomic E-state index is 14.5. The summed E-state index contributed by atoms with van der Waals surface area (Å²) in [6, 6.07) is 5.78. The van der Waals surface area contributed by atoms with Gasteiger partial charge in [-0.25, -0.2) is 9.37 Å². The summed E-state index contributed by atoms with van der Waals surface area (Å²) in [7, 11) is 0. The number of halogens is 4. The van der Waals surface area contributed by atoms with Crippen LogP contribution >= 0.6 is 0 Å². The molecule has 2 aromatic heterocycles. The number of fused-ring (bicyclic) bond motifs is 1. The van der Waals surface area contributed by atoms with Crippen LogP contribution in [0.1, 0.15) is 53.1 Å². The van der Waals surface area contributed by atoms with Gasteiger partial charge in [-0.15, -0.1) is 0 Å². The Bertz CT molecular complexity index is 1470. The molecule has 39 heavy (non-hydrogen) atoms. The predicted molar refractivity (Wildman–Crippen MR) is 129 cm³/mol. The molecule has 9 nitrogen and oxygen atoms in total. The van der Waals surface area contributed by atoms with Gasteiger partial charge in [-0.3, -0.25) is 14.3 Å². The van der Waals surface area contributed by atoms with Crippen molar-refractivity contribution in [3.8, 4) is 17.0 Å². The van der Waals surface area contributed by atoms with Crippen molar-refractivity contribution in [3.63, 3.8) is 0 Å². The quantitative estimate of drug-likeness (QED) is 0.390. The number of pyridine rings is 1. The Morgan fingerprint density at radius 2 is 1.92 bits per heavy atom. The van der Waals surface area contributed by atoms with Crippen LogP contribution in [-0.4, -0.2) is 51.0 Å². The number of primary amides is 1. The average molecular weight is 548 g/mol. The third-order valence-corrected chi connectivity index (χ3v) is 7.21. The highest BCUT2D eigenvalue weighted by Gasteiger charge is 2.57. The molecule has 0 saturated heterocycles. The van der Waals surface area contributed by atoms with Crippen LogP contribution in [0.25, 0.3) is 11.3 Å². The summed E-state index contributed by atoms with van der Waals surface area (Å²) < 4.78 is 64.3. The number of ether oxygens (including phenoxy) is 1. The van der Waals surface area contributed by atoms with Gasteiger partial charge in [0.1, 0.15) is 29.3 Å². The third-order valence-electron chi connectivity index (χ3n) is 7.21. The van der Waals surface area contributed by atoms with Gasteiger partial charge < -0.3 is 20.9 Å². The smallest absolute Gasteiger partial charge is 0.424 e. The molecule has 5 rings (SSSR count). The monoisotopic (exact) mass is 547 g/mol. The summed E-state index contributed by atoms with van der Waals surface area (Å²) in [5.41, 5.74) is -0.111. The molecule has 1 aliphatic heterocycles. The number of rotatable bonds is 7. The Morgan fingerprint density at radius 1 is 1.26 bits per heavy atom. The first kappa shape index (κ1) is 26.6. The Hall–Kier alpha value is -4.00. The number of hydrogen-bond donors (Lipinski definition) is 3. The van der Waals surface area contributed by atoms with E-state index in [0.717, 1.165) is 31.0 Å². The number of alkyl halides is 3. The third kappa shape index (κ3) is 4.50. The van der Waals surface area contributed by atoms with Gasteiger partial charge in [-0.05, 0) is 57.0 Å². The molecular formula is C26H25F4N5O4. The predicted octanol–water partition coefficient (Wildman–Crippen LogP) is 3.04. The van der Waals surface area contributed by atoms with Crippen LogP contribution in [0.15, 0.2) is 36.5 Å². The van der Waals surface area contributed by atoms with Gasteiger partial charge in [0.15, 0.2) is 0 Å². The van der Waals surface area contributed by atoms with Gasteiger partial charge in [0.05, 0.1) is 29.5 Å². The largest absolute Gasteiger partial charge is 0.489 e. The molecule has 2 amide bonds. The Kier molecular flexibility index (Phi) is 6.17. The lowest BCUT2D eigenvalue weighted by Gasteiger charge is -2.31. The lowest BCUT2D eigenvalue weighted by atomic mass is 9.81. The van der Waals surface area contributed by atoms with Crippen molar-refractivity contribution in [2.24, 2.45) is 5.73 Å². The van der Waals surface area contributed by atoms with Crippen LogP contribution in [0.5, 0.6) is 5.75 Å². The second kappa shape index (κ2) is 9.04. The Morgan fingerprint density at radius 3 is 2.51 bits per heavy atom. The standard InChI is InChI=1S/C26H25F4N5O4/c1-13-17(10-35(34-13)16-7-8-16)22(36)32-11-25(38,26(28,29)30)19-9-18-21(39-12-24(18,2)23(31)37)20(33-19)14-3-5-15(27)6-4-14/h3-6,9-10,16,38H,7-8,11-12H2,1-2H3,(H2,31,37)(H,32,36)/t24-,25-/m0/s1. The number of hydrogen-bond acceptors (Lipinski definition) is 6. The minimum Gasteiger partial charge on any atom is -0.489 e. The highest BCUT2D eigenvalue weighted by atomic mass is 19.4. The van der Waals surface area contributed by atoms with Crippen LogP contribution in [0.4, 0.5) is 17.6 Å². The second-order valence-electron chi connectivity index (χ2n) is 10.1. The van der Waals surface area contributed by atoms with Crippen LogP contribution in [0, 0.1) is 12.7 Å². The lowest BCUT2D eigenvalue weighted by molar-refractivity contribution is -0.265. The molecule has 0 radical (unpaired) electrons. The molecule has 1 fully saturated rings. The molecule has 4 N–H and O–H groups in total. The number of nitrogens with one attached hydrogen (secondary N) is 1. The van der Waals surface area contributed by atoms with Crippen LogP contribution < -0.4 is 15.8 Å². The van der Waals surface area contributed by atoms with E-state index in [0.29, 0.717) is 5.69 Å². The number of benzene rings is 1. The van der Waals surface area contributed by atoms with E-state index in [2.05, 4.69) is 15.4 Å². The van der Waals surface area contributed by atoms with Crippen LogP contribution in [0.2, 0.25) is 0 Å². The number of aromatic nitrogens is 3. The summed E-state index contributed by atoms with van der Waals surface area (Å²) in [4.78, 5) is 29.2. The first-order valence-electron chi connectivity index (χ1n) is 12.1. The normalized spacial score (nSPS) is 20.2. The molecule has 3 aromatic rings. The van der Waals surface area contributed by atoms with Crippen molar-refractivity contribution in [2.75, 3.05) is 13.2 Å². The molecule has 1 aromatic carbocycles. The van der Waals surface area contributed by atoms with Gasteiger partial charge in [0.25, 0.3) is 5.91 Å². The molecule has 0 bridgehead atoms. The van der Waals surface area contributed by atoms with E-state index in [1.807, 2.05) is 0 Å². The van der Waals surface area contributed by atoms with E-state index in [4.69, 9.17) is 10.5 Å². The molecular weight excluding hydrogens is 522 g/mol. The summed E-state index contributed by atoms with van der Waals surface area (Å²) >= 11 is 0. The maximum Gasteiger partial charge on any atom is 0.424 e. The van der Waals surface area contributed by atoms with Crippen molar-refractivity contribution in [1.29, 1.82) is 0 Å². The minimum atomic E-state index is -5.31. The van der Waals surface area contributed by atoms with Crippen molar-refractivity contribution in [2.45, 2.75) is 49.9 Å². The van der Waals surface area contributed by atoms with Crippen molar-refractivity contribution in [3.05, 3.63) is 64.9 Å². The number of nitrogens with zero attached hydrogens (tertiary/aromatic N) is 3. The van der Waals surface area contributed by atoms with Crippen molar-refractivity contribution < 1.29 is 37.0 Å². The van der Waals surface area contributed by atoms with E-state index in [1.54, 1.807) is 11.6 Å². The Labute approximate surface area is 220 Å². The van der Waals surface area contributed by atoms with Gasteiger partial charge in [-0.2, -0.15) is 18.3 Å². The molecule has 2 atom stereocenters. The lowest BCUT2D eigenvalue weighted by Crippen LogP contribution is -2.52. The molecule has 3 heterocycles. The maximum atomic E-state index is 14.5. The summed E-state index contributed by atoms with van der Waals surface area (Å²) in [6.45, 7) is 1.40. The fourth-order valence-corrected chi connectivity index (χ4v) is 4.47. The van der Waals surface area contributed by atoms with E-state index in [1.165, 1.54) is 25.3 Å². The average Bonchev–Trinajstić information content (AvgIpc) is 3.57. The van der Waals surface area contributed by atoms with Gasteiger partial charge in [0, 0.05) is 17.3 Å². The van der Waals surface area contributed by atoms with E-state index >= 15 is 0 Å². The van der Waals surface area contributed by atoms with E-state index in [-0.39, 0.29) is 40.8 Å². The van der Waals surface area contributed by atoms with Crippen molar-refractivity contribution >= 4 is 11.8 Å². The summed E-state index contributed by atoms with van der Waals surface area (Å²) in [5.74, 6) is -2.32. The molecule has 2 aliphatic rings. The Balaban J connectivity index is 1.58. The number of amides is 2. The SMILES string of the molecule is Cc1nn(C2CC2)cc1C(=O)NC[C@](O)(c1cc2c(c(-c3ccc(F)cc3)n1)OC[C@]2(C)C(N)=O)C(F)(F)F. The number of nitrogens with two attached hydrogens (primary N) is 1. The molecule has 1 saturated carbocycles. The zero-order chi connectivity index (χ0) is 28.3. The molecule has 206 valence electrons. The van der Waals surface area contributed by atoms with Gasteiger partial charge >= 0.3 is 6.18 Å². The number of aliphatic hydroxyl groups is 1. The topological polar surface area (TPSA) is 132 Å². The number of aryl methyl sites for hydroxylation is 1. The molecule has 13 heteroatoms. The number of carbonyl (C=O) groups excluding carboxylic acids is 2. The first-order valence-corrected chi connectivity index (χ1v) is 12.1. The molecule has 0 spiro atoms. The zero-order valence-electron chi connectivity index (χ0n) is 21.0.